The van der Waals surface area contributed by atoms with Crippen molar-refractivity contribution >= 4 is 15.4 Å². The molecule has 0 aromatic carbocycles. The Kier molecular flexibility index (Phi) is 3.32. The molecule has 0 saturated heterocycles. The van der Waals surface area contributed by atoms with Gasteiger partial charge in [0.1, 0.15) is 0 Å². The van der Waals surface area contributed by atoms with Crippen LogP contribution in [0.3, 0.4) is 0 Å². The van der Waals surface area contributed by atoms with Gasteiger partial charge in [0, 0.05) is 0 Å². The number of hydrogen-bond acceptors (Lipinski definition) is 5. The summed E-state index contributed by atoms with van der Waals surface area (Å²) in [4.78, 5) is 10.4. The van der Waals surface area contributed by atoms with Gasteiger partial charge in [-0.25, -0.2) is 4.79 Å². The van der Waals surface area contributed by atoms with Gasteiger partial charge in [-0.3, -0.25) is 0 Å². The van der Waals surface area contributed by atoms with Crippen molar-refractivity contribution in [1.82, 2.24) is 0 Å². The molecule has 0 aliphatic rings. The van der Waals surface area contributed by atoms with E-state index in [4.69, 9.17) is 0 Å². The Balaban J connectivity index is 4.43. The summed E-state index contributed by atoms with van der Waals surface area (Å²) in [5, 5.41) is -1.52. The summed E-state index contributed by atoms with van der Waals surface area (Å²) >= 11 is 0. The second-order valence-corrected chi connectivity index (χ2v) is 2.69. The molecule has 0 radical (unpaired) electrons. The maximum Gasteiger partial charge on any atom is 0.468 e. The highest BCUT2D eigenvalue weighted by molar-refractivity contribution is 8.01. The Morgan fingerprint density at radius 1 is 1.27 bits per heavy atom. The molecule has 0 fully saturated rings. The van der Waals surface area contributed by atoms with Crippen molar-refractivity contribution in [3.05, 3.63) is 25.7 Å². The average molecular weight is 178 g/mol. The molecule has 0 atom stereocenters. The molecule has 0 heterocycles. The second kappa shape index (κ2) is 3.77. The third kappa shape index (κ3) is 2.85. The van der Waals surface area contributed by atoms with Gasteiger partial charge in [-0.1, -0.05) is 13.2 Å². The summed E-state index contributed by atoms with van der Waals surface area (Å²) in [5.74, 6) is 0. The quantitative estimate of drug-likeness (QED) is 0.362. The lowest BCUT2D eigenvalue weighted by Crippen LogP contribution is -2.14. The van der Waals surface area contributed by atoms with Crippen molar-refractivity contribution in [2.75, 3.05) is 0 Å². The van der Waals surface area contributed by atoms with Gasteiger partial charge < -0.3 is 8.92 Å². The summed E-state index contributed by atoms with van der Waals surface area (Å²) in [5.41, 5.74) is 0. The molecule has 0 aliphatic heterocycles. The Morgan fingerprint density at radius 2 is 1.82 bits per heavy atom. The first-order valence-electron chi connectivity index (χ1n) is 2.40. The zero-order valence-corrected chi connectivity index (χ0v) is 6.33. The van der Waals surface area contributed by atoms with Crippen molar-refractivity contribution < 1.29 is 22.1 Å². The predicted octanol–water partition coefficient (Wildman–Crippen LogP) is 0.756. The first-order valence-corrected chi connectivity index (χ1v) is 3.81. The van der Waals surface area contributed by atoms with E-state index in [1.807, 2.05) is 0 Å². The van der Waals surface area contributed by atoms with Crippen LogP contribution in [0.2, 0.25) is 0 Å². The van der Waals surface area contributed by atoms with Crippen LogP contribution in [-0.2, 0) is 19.0 Å². The van der Waals surface area contributed by atoms with Gasteiger partial charge in [0.15, 0.2) is 0 Å². The first kappa shape index (κ1) is 9.70. The van der Waals surface area contributed by atoms with Crippen LogP contribution in [-0.4, -0.2) is 13.7 Å². The largest absolute Gasteiger partial charge is 0.468 e. The average Bonchev–Trinajstić information content (AvgIpc) is 1.88. The highest BCUT2D eigenvalue weighted by atomic mass is 32.2. The predicted molar refractivity (Wildman–Crippen MR) is 36.9 cm³/mol. The smallest absolute Gasteiger partial charge is 0.421 e. The molecule has 0 amide bonds. The number of ether oxygens (including phenoxy) is 1. The van der Waals surface area contributed by atoms with Crippen molar-refractivity contribution in [3.8, 4) is 0 Å². The van der Waals surface area contributed by atoms with Crippen LogP contribution >= 0.6 is 0 Å². The molecular weight excluding hydrogens is 172 g/mol. The minimum atomic E-state index is -4.32. The van der Waals surface area contributed by atoms with Crippen LogP contribution in [0, 0.1) is 0 Å². The van der Waals surface area contributed by atoms with E-state index in [9.17, 15) is 13.2 Å². The van der Waals surface area contributed by atoms with E-state index < -0.39 is 15.4 Å². The van der Waals surface area contributed by atoms with E-state index in [1.165, 1.54) is 0 Å². The van der Waals surface area contributed by atoms with E-state index in [0.29, 0.717) is 12.5 Å². The fourth-order valence-electron chi connectivity index (χ4n) is 0.256. The normalized spacial score (nSPS) is 9.82. The van der Waals surface area contributed by atoms with Crippen LogP contribution in [0.5, 0.6) is 0 Å². The molecule has 5 nitrogen and oxygen atoms in total. The van der Waals surface area contributed by atoms with Crippen molar-refractivity contribution in [3.63, 3.8) is 0 Å². The van der Waals surface area contributed by atoms with Gasteiger partial charge in [0.25, 0.3) is 0 Å². The summed E-state index contributed by atoms with van der Waals surface area (Å²) in [6.45, 7) is 5.94. The lowest BCUT2D eigenvalue weighted by molar-refractivity contribution is 0.207. The Labute approximate surface area is 64.0 Å². The van der Waals surface area contributed by atoms with Crippen LogP contribution in [0.15, 0.2) is 25.7 Å². The van der Waals surface area contributed by atoms with Gasteiger partial charge in [-0.05, 0) is 0 Å². The maximum absolute atomic E-state index is 10.5. The second-order valence-electron chi connectivity index (χ2n) is 1.25. The number of carbonyl (C=O) groups is 1. The molecule has 0 unspecified atom stereocenters. The van der Waals surface area contributed by atoms with Gasteiger partial charge in [0.05, 0.1) is 12.5 Å². The van der Waals surface area contributed by atoms with Crippen LogP contribution in [0.4, 0.5) is 4.79 Å². The van der Waals surface area contributed by atoms with Crippen LogP contribution in [0.1, 0.15) is 0 Å². The number of carbonyl (C=O) groups excluding carboxylic acids is 1. The van der Waals surface area contributed by atoms with Crippen LogP contribution < -0.4 is 0 Å². The molecule has 0 rings (SSSR count). The maximum atomic E-state index is 10.5. The van der Waals surface area contributed by atoms with E-state index in [2.05, 4.69) is 22.1 Å². The van der Waals surface area contributed by atoms with Crippen molar-refractivity contribution in [2.45, 2.75) is 0 Å². The van der Waals surface area contributed by atoms with Gasteiger partial charge in [-0.15, -0.1) is 0 Å². The summed E-state index contributed by atoms with van der Waals surface area (Å²) < 4.78 is 28.8. The SMILES string of the molecule is C=COC(=O)S(=O)(=O)OC=C. The van der Waals surface area contributed by atoms with E-state index in [1.54, 1.807) is 0 Å². The third-order valence-electron chi connectivity index (χ3n) is 0.578. The van der Waals surface area contributed by atoms with E-state index >= 15 is 0 Å². The zero-order valence-electron chi connectivity index (χ0n) is 5.52. The molecule has 0 aromatic heterocycles. The fraction of sp³-hybridized carbons (Fsp3) is 0. The molecule has 0 bridgehead atoms. The highest BCUT2D eigenvalue weighted by Crippen LogP contribution is 1.98. The molecule has 62 valence electrons. The molecule has 0 N–H and O–H groups in total. The molecule has 0 saturated carbocycles. The zero-order chi connectivity index (χ0) is 8.91. The standard InChI is InChI=1S/C5H6O5S/c1-3-9-5(6)11(7,8)10-4-2/h3-4H,1-2H2. The fourth-order valence-corrected chi connectivity index (χ4v) is 0.699. The number of rotatable bonds is 3. The lowest BCUT2D eigenvalue weighted by atomic mass is 11.1. The molecule has 6 heteroatoms. The monoisotopic (exact) mass is 178 g/mol. The van der Waals surface area contributed by atoms with Gasteiger partial charge in [0.2, 0.25) is 0 Å². The summed E-state index contributed by atoms with van der Waals surface area (Å²) in [6.07, 6.45) is 1.30. The van der Waals surface area contributed by atoms with Gasteiger partial charge in [-0.2, -0.15) is 8.42 Å². The Bertz CT molecular complexity index is 263. The highest BCUT2D eigenvalue weighted by Gasteiger charge is 2.23. The number of hydrogen-bond donors (Lipinski definition) is 0. The van der Waals surface area contributed by atoms with E-state index in [-0.39, 0.29) is 0 Å². The molecule has 11 heavy (non-hydrogen) atoms. The molecule has 0 spiro atoms. The van der Waals surface area contributed by atoms with Crippen molar-refractivity contribution in [2.24, 2.45) is 0 Å². The molecule has 0 aromatic rings. The minimum Gasteiger partial charge on any atom is -0.421 e. The van der Waals surface area contributed by atoms with Gasteiger partial charge >= 0.3 is 15.4 Å². The topological polar surface area (TPSA) is 69.7 Å². The first-order chi connectivity index (χ1) is 5.04. The summed E-state index contributed by atoms with van der Waals surface area (Å²) in [6, 6.07) is 0. The minimum absolute atomic E-state index is 0.611. The molecule has 0 aliphatic carbocycles. The van der Waals surface area contributed by atoms with Crippen LogP contribution in [0.25, 0.3) is 0 Å². The Hall–Kier alpha value is -1.30. The lowest BCUT2D eigenvalue weighted by Gasteiger charge is -1.97. The van der Waals surface area contributed by atoms with E-state index in [0.717, 1.165) is 0 Å². The third-order valence-corrected chi connectivity index (χ3v) is 1.47. The van der Waals surface area contributed by atoms with Crippen molar-refractivity contribution in [1.29, 1.82) is 0 Å². The molecular formula is C5H6O5S. The summed E-state index contributed by atoms with van der Waals surface area (Å²) in [7, 11) is -4.32. The Morgan fingerprint density at radius 3 is 2.18 bits per heavy atom.